The molecule has 8 aromatic carbocycles. The lowest BCUT2D eigenvalue weighted by Gasteiger charge is -2.15. The summed E-state index contributed by atoms with van der Waals surface area (Å²) in [6, 6.07) is 76.2. The number of carboxylic acids is 4. The molecule has 0 aliphatic carbocycles. The second-order valence-corrected chi connectivity index (χ2v) is 37.3. The van der Waals surface area contributed by atoms with Crippen LogP contribution in [0.25, 0.3) is 113 Å². The van der Waals surface area contributed by atoms with Crippen molar-refractivity contribution in [3.8, 4) is 54.3 Å². The van der Waals surface area contributed by atoms with Gasteiger partial charge in [-0.3, -0.25) is 9.59 Å². The highest BCUT2D eigenvalue weighted by Crippen LogP contribution is 2.39. The number of nitrogens with zero attached hydrogens (tertiary/aromatic N) is 8. The summed E-state index contributed by atoms with van der Waals surface area (Å²) in [6.07, 6.45) is 28.2. The van der Waals surface area contributed by atoms with Crippen LogP contribution in [-0.4, -0.2) is 98.4 Å². The highest BCUT2D eigenvalue weighted by molar-refractivity contribution is 7.17. The summed E-state index contributed by atoms with van der Waals surface area (Å²) in [5.41, 5.74) is 19.0. The van der Waals surface area contributed by atoms with Crippen LogP contribution in [-0.2, 0) is 61.0 Å². The maximum absolute atomic E-state index is 11.2. The molecule has 18 aromatic rings. The SMILES string of the molecule is C=CCc1c(C)nc(-c2ccc(/C=C/c3ccc(OC)cc3)s2)nc1Nc1ccc(C(=O)O)cc1.C=CCc1c(CC)nc(-c2ccc(/C=C/c3ccc(OC)cc3)s2)nc1Nc1ccc(C(=O)O)cc1.CCc1c(C)nc(-c2ccc(/C=C/c3coc4ccccc34)s2)nc1Nc1ccc(CC(=O)O)cc1.CCc1nc(-c2ccc(/C=C/c3coc4ccccc34)s2)nc(Nc2ccc(CC(=O)O)cc2)c1CC. The van der Waals surface area contributed by atoms with Gasteiger partial charge in [0.05, 0.1) is 70.2 Å². The maximum atomic E-state index is 11.2. The first kappa shape index (κ1) is 101. The van der Waals surface area contributed by atoms with Gasteiger partial charge in [0.1, 0.15) is 45.9 Å². The third-order valence-electron chi connectivity index (χ3n) is 23.0. The lowest BCUT2D eigenvalue weighted by Crippen LogP contribution is -2.07. The van der Waals surface area contributed by atoms with Gasteiger partial charge in [0.2, 0.25) is 0 Å². The highest BCUT2D eigenvalue weighted by atomic mass is 32.1. The number of aryl methyl sites for hydroxylation is 4. The average Bonchev–Trinajstić information content (AvgIpc) is 1.30. The lowest BCUT2D eigenvalue weighted by molar-refractivity contribution is -0.137. The van der Waals surface area contributed by atoms with Crippen LogP contribution in [0.1, 0.15) is 146 Å². The van der Waals surface area contributed by atoms with Crippen LogP contribution in [0, 0.1) is 13.8 Å². The van der Waals surface area contributed by atoms with Gasteiger partial charge in [-0.1, -0.05) is 137 Å². The van der Waals surface area contributed by atoms with Gasteiger partial charge >= 0.3 is 23.9 Å². The van der Waals surface area contributed by atoms with Gasteiger partial charge in [-0.15, -0.1) is 58.5 Å². The van der Waals surface area contributed by atoms with E-state index in [1.54, 1.807) is 121 Å². The first-order valence-corrected chi connectivity index (χ1v) is 49.7. The van der Waals surface area contributed by atoms with Gasteiger partial charge in [0.15, 0.2) is 23.3 Å². The Hall–Kier alpha value is -16.9. The number of nitrogens with one attached hydrogen (secondary N) is 4. The average molecular weight is 1990 g/mol. The fourth-order valence-corrected chi connectivity index (χ4v) is 18.9. The van der Waals surface area contributed by atoms with E-state index >= 15 is 0 Å². The number of hydrogen-bond donors (Lipinski definition) is 8. The number of aliphatic carboxylic acids is 2. The van der Waals surface area contributed by atoms with E-state index in [-0.39, 0.29) is 24.0 Å². The summed E-state index contributed by atoms with van der Waals surface area (Å²) in [5, 5.41) is 52.0. The molecule has 0 aliphatic rings. The maximum Gasteiger partial charge on any atom is 0.335 e. The molecular weight excluding hydrogens is 1880 g/mol. The molecule has 0 unspecified atom stereocenters. The molecule has 0 fully saturated rings. The molecule has 0 bridgehead atoms. The minimum absolute atomic E-state index is 0.00321. The van der Waals surface area contributed by atoms with Crippen molar-refractivity contribution in [2.24, 2.45) is 0 Å². The number of carboxylic acid groups (broad SMARTS) is 4. The zero-order chi connectivity index (χ0) is 101. The second kappa shape index (κ2) is 48.8. The molecule has 8 N–H and O–H groups in total. The molecule has 18 rings (SSSR count). The molecule has 24 nitrogen and oxygen atoms in total. The summed E-state index contributed by atoms with van der Waals surface area (Å²) in [5.74, 6) is 3.63. The van der Waals surface area contributed by atoms with E-state index in [0.717, 1.165) is 211 Å². The third-order valence-corrected chi connectivity index (χ3v) is 27.2. The van der Waals surface area contributed by atoms with E-state index in [2.05, 4.69) is 147 Å². The first-order valence-electron chi connectivity index (χ1n) is 46.5. The topological polar surface area (TPSA) is 345 Å². The molecule has 0 spiro atoms. The van der Waals surface area contributed by atoms with Gasteiger partial charge in [-0.25, -0.2) is 49.5 Å². The van der Waals surface area contributed by atoms with E-state index < -0.39 is 23.9 Å². The highest BCUT2D eigenvalue weighted by Gasteiger charge is 2.22. The molecule has 0 radical (unpaired) electrons. The number of fused-ring (bicyclic) bond motifs is 2. The Morgan fingerprint density at radius 2 is 0.667 bits per heavy atom. The van der Waals surface area contributed by atoms with Gasteiger partial charge in [-0.2, -0.15) is 0 Å². The van der Waals surface area contributed by atoms with Gasteiger partial charge in [0.25, 0.3) is 0 Å². The van der Waals surface area contributed by atoms with Crippen molar-refractivity contribution in [2.75, 3.05) is 35.5 Å². The molecule has 0 saturated carbocycles. The fourth-order valence-electron chi connectivity index (χ4n) is 15.6. The standard InChI is InChI=1S/C30H27N3O3S.C29H25N3O3S.C29H27N3O3S.C28H25N3O3S/c1-3-23-25(4-2)32-30(33-29(23)31-21-12-9-19(10-13-21)17-28(34)35)27-16-15-22(37-27)14-11-20-18-36-26-8-6-5-7-24(20)26;1-3-23-18(2)30-29(32-28(23)31-21-11-8-19(9-12-21)16-27(33)34)26-15-14-22(36-26)13-10-20-17-35-25-7-5-4-6-24(20)25;1-4-6-24-25(5-2)31-28(32-27(24)30-21-12-10-20(11-13-21)29(33)34)26-18-17-23(36-26)16-9-19-7-14-22(35-3)15-8-19;1-4-5-24-18(2)29-27(31-26(24)30-21-11-9-20(10-12-21)28(32)33)25-17-16-23(35-25)15-8-19-6-13-22(34-3)14-7-19/h5-16,18H,3-4,17H2,1-2H3,(H,34,35)(H,31,32,33);4-15,17H,3,16H2,1-2H3,(H,33,34)(H,30,31,32);4,7-18H,1,5-6H2,2-3H3,(H,33,34)(H,30,31,32);4,6-17H,1,5H2,2-3H3,(H,32,33)(H,29,30,31)/b14-11+;13-10+;16-9+;15-8+. The molecule has 28 heteroatoms. The van der Waals surface area contributed by atoms with Crippen molar-refractivity contribution in [3.05, 3.63) is 390 Å². The van der Waals surface area contributed by atoms with Crippen molar-refractivity contribution in [2.45, 2.75) is 92.9 Å². The van der Waals surface area contributed by atoms with Crippen molar-refractivity contribution < 1.29 is 57.9 Å². The van der Waals surface area contributed by atoms with Crippen LogP contribution in [0.2, 0.25) is 0 Å². The number of rotatable bonds is 36. The number of methoxy groups -OCH3 is 2. The minimum atomic E-state index is -0.960. The van der Waals surface area contributed by atoms with Crippen LogP contribution in [0.3, 0.4) is 0 Å². The van der Waals surface area contributed by atoms with Crippen LogP contribution < -0.4 is 30.7 Å². The van der Waals surface area contributed by atoms with Crippen LogP contribution in [0.4, 0.5) is 46.0 Å². The predicted octanol–water partition coefficient (Wildman–Crippen LogP) is 29.0. The molecule has 0 aliphatic heterocycles. The normalized spacial score (nSPS) is 11.2. The molecule has 10 aromatic heterocycles. The number of allylic oxidation sites excluding steroid dienone is 2. The van der Waals surface area contributed by atoms with Crippen LogP contribution in [0.15, 0.2) is 289 Å². The largest absolute Gasteiger partial charge is 0.497 e. The summed E-state index contributed by atoms with van der Waals surface area (Å²) in [4.78, 5) is 91.3. The number of hydrogen-bond acceptors (Lipinski definition) is 24. The Morgan fingerprint density at radius 1 is 0.347 bits per heavy atom. The molecule has 724 valence electrons. The summed E-state index contributed by atoms with van der Waals surface area (Å²) in [6.45, 7) is 20.1. The number of thiophene rings is 4. The summed E-state index contributed by atoms with van der Waals surface area (Å²) in [7, 11) is 3.31. The van der Waals surface area contributed by atoms with Crippen LogP contribution in [0.5, 0.6) is 11.5 Å². The third kappa shape index (κ3) is 26.6. The van der Waals surface area contributed by atoms with Crippen molar-refractivity contribution in [1.29, 1.82) is 0 Å². The van der Waals surface area contributed by atoms with Crippen molar-refractivity contribution in [3.63, 3.8) is 0 Å². The number of para-hydroxylation sites is 2. The van der Waals surface area contributed by atoms with Crippen LogP contribution >= 0.6 is 45.3 Å². The number of anilines is 8. The molecule has 0 atom stereocenters. The number of ether oxygens (including phenoxy) is 2. The summed E-state index contributed by atoms with van der Waals surface area (Å²) < 4.78 is 21.7. The monoisotopic (exact) mass is 1980 g/mol. The number of aromatic nitrogens is 8. The minimum Gasteiger partial charge on any atom is -0.497 e. The molecule has 0 amide bonds. The van der Waals surface area contributed by atoms with E-state index in [1.807, 2.05) is 184 Å². The Labute approximate surface area is 849 Å². The van der Waals surface area contributed by atoms with E-state index in [0.29, 0.717) is 47.8 Å². The molecule has 10 heterocycles. The number of benzene rings is 8. The Balaban J connectivity index is 0.000000144. The van der Waals surface area contributed by atoms with E-state index in [9.17, 15) is 24.3 Å². The number of furan rings is 2. The van der Waals surface area contributed by atoms with Gasteiger partial charge < -0.3 is 60.0 Å². The second-order valence-electron chi connectivity index (χ2n) is 32.8. The lowest BCUT2D eigenvalue weighted by atomic mass is 10.1. The first-order chi connectivity index (χ1) is 70.0. The zero-order valence-corrected chi connectivity index (χ0v) is 83.6. The van der Waals surface area contributed by atoms with Crippen molar-refractivity contribution >= 4 is 186 Å². The van der Waals surface area contributed by atoms with E-state index in [4.69, 9.17) is 73.5 Å². The van der Waals surface area contributed by atoms with E-state index in [1.165, 1.54) is 0 Å². The molecule has 0 saturated heterocycles. The van der Waals surface area contributed by atoms with Gasteiger partial charge in [-0.05, 0) is 269 Å². The molecular formula is C116H104N12O12S4. The molecule has 144 heavy (non-hydrogen) atoms. The number of carbonyl (C=O) groups is 4. The quantitative estimate of drug-likeness (QED) is 0.0169. The smallest absolute Gasteiger partial charge is 0.335 e. The predicted molar refractivity (Wildman–Crippen MR) is 586 cm³/mol. The van der Waals surface area contributed by atoms with Gasteiger partial charge in [0, 0.05) is 109 Å². The Kier molecular flexibility index (Phi) is 34.4. The van der Waals surface area contributed by atoms with Crippen molar-refractivity contribution in [1.82, 2.24) is 39.9 Å². The Morgan fingerprint density at radius 3 is 1.01 bits per heavy atom. The fraction of sp³-hybridized carbons (Fsp3) is 0.138. The summed E-state index contributed by atoms with van der Waals surface area (Å²) >= 11 is 6.51. The number of aromatic carboxylic acids is 2. The Bertz CT molecular complexity index is 7730. The zero-order valence-electron chi connectivity index (χ0n) is 80.4.